The number of halogens is 3. The maximum atomic E-state index is 13.6. The van der Waals surface area contributed by atoms with Crippen molar-refractivity contribution in [1.82, 2.24) is 5.32 Å². The number of rotatable bonds is 5. The van der Waals surface area contributed by atoms with E-state index in [1.807, 2.05) is 0 Å². The van der Waals surface area contributed by atoms with Crippen LogP contribution < -0.4 is 5.32 Å². The second-order valence-electron chi connectivity index (χ2n) is 3.78. The molecule has 1 atom stereocenters. The molecule has 2 nitrogen and oxygen atoms in total. The summed E-state index contributed by atoms with van der Waals surface area (Å²) in [6.07, 6.45) is 1.84. The molecule has 0 saturated heterocycles. The lowest BCUT2D eigenvalue weighted by Crippen LogP contribution is -2.25. The summed E-state index contributed by atoms with van der Waals surface area (Å²) in [5, 5.41) is 2.70. The highest BCUT2D eigenvalue weighted by Gasteiger charge is 2.12. The van der Waals surface area contributed by atoms with Gasteiger partial charge < -0.3 is 5.32 Å². The van der Waals surface area contributed by atoms with Crippen LogP contribution in [-0.2, 0) is 0 Å². The van der Waals surface area contributed by atoms with Crippen molar-refractivity contribution in [2.24, 2.45) is 0 Å². The molecule has 0 aliphatic carbocycles. The standard InChI is InChI=1S/C12H14Br2FNO/c1-8(13)4-3-7-16-12(17)9-5-2-6-10(14)11(9)15/h2,5-6,8H,3-4,7H2,1H3,(H,16,17). The van der Waals surface area contributed by atoms with Crippen LogP contribution in [0.25, 0.3) is 0 Å². The third kappa shape index (κ3) is 4.76. The number of alkyl halides is 1. The van der Waals surface area contributed by atoms with Crippen LogP contribution in [0.1, 0.15) is 30.1 Å². The lowest BCUT2D eigenvalue weighted by Gasteiger charge is -2.07. The van der Waals surface area contributed by atoms with Gasteiger partial charge in [0.05, 0.1) is 10.0 Å². The van der Waals surface area contributed by atoms with Crippen molar-refractivity contribution in [1.29, 1.82) is 0 Å². The zero-order valence-corrected chi connectivity index (χ0v) is 12.6. The predicted octanol–water partition coefficient (Wildman–Crippen LogP) is 3.88. The SMILES string of the molecule is CC(Br)CCCNC(=O)c1cccc(Br)c1F. The van der Waals surface area contributed by atoms with E-state index in [1.165, 1.54) is 6.07 Å². The zero-order valence-electron chi connectivity index (χ0n) is 9.47. The summed E-state index contributed by atoms with van der Waals surface area (Å²) in [5.74, 6) is -0.884. The number of hydrogen-bond donors (Lipinski definition) is 1. The fourth-order valence-electron chi connectivity index (χ4n) is 1.36. The molecule has 0 aliphatic rings. The highest BCUT2D eigenvalue weighted by molar-refractivity contribution is 9.10. The summed E-state index contributed by atoms with van der Waals surface area (Å²) in [7, 11) is 0. The summed E-state index contributed by atoms with van der Waals surface area (Å²) >= 11 is 6.48. The van der Waals surface area contributed by atoms with E-state index < -0.39 is 5.82 Å². The molecular formula is C12H14Br2FNO. The Hall–Kier alpha value is -0.420. The Balaban J connectivity index is 2.50. The summed E-state index contributed by atoms with van der Waals surface area (Å²) in [6.45, 7) is 2.61. The minimum atomic E-state index is -0.515. The fraction of sp³-hybridized carbons (Fsp3) is 0.417. The molecule has 1 aromatic rings. The Morgan fingerprint density at radius 3 is 2.88 bits per heavy atom. The molecule has 1 unspecified atom stereocenters. The predicted molar refractivity (Wildman–Crippen MR) is 74.1 cm³/mol. The van der Waals surface area contributed by atoms with E-state index in [1.54, 1.807) is 12.1 Å². The molecule has 17 heavy (non-hydrogen) atoms. The van der Waals surface area contributed by atoms with E-state index in [2.05, 4.69) is 44.1 Å². The number of carbonyl (C=O) groups excluding carboxylic acids is 1. The lowest BCUT2D eigenvalue weighted by atomic mass is 10.2. The number of benzene rings is 1. The van der Waals surface area contributed by atoms with Gasteiger partial charge in [-0.2, -0.15) is 0 Å². The van der Waals surface area contributed by atoms with E-state index in [0.29, 0.717) is 15.8 Å². The van der Waals surface area contributed by atoms with E-state index in [0.717, 1.165) is 12.8 Å². The van der Waals surface area contributed by atoms with Crippen molar-refractivity contribution in [2.75, 3.05) is 6.54 Å². The van der Waals surface area contributed by atoms with Crippen LogP contribution in [0.4, 0.5) is 4.39 Å². The molecule has 0 bridgehead atoms. The van der Waals surface area contributed by atoms with E-state index in [4.69, 9.17) is 0 Å². The molecule has 1 rings (SSSR count). The largest absolute Gasteiger partial charge is 0.352 e. The first-order valence-electron chi connectivity index (χ1n) is 5.38. The van der Waals surface area contributed by atoms with Crippen molar-refractivity contribution < 1.29 is 9.18 Å². The monoisotopic (exact) mass is 365 g/mol. The number of hydrogen-bond acceptors (Lipinski definition) is 1. The summed E-state index contributed by atoms with van der Waals surface area (Å²) < 4.78 is 13.9. The van der Waals surface area contributed by atoms with Crippen LogP contribution in [0, 0.1) is 5.82 Å². The molecule has 0 aromatic heterocycles. The first-order chi connectivity index (χ1) is 8.02. The van der Waals surface area contributed by atoms with Crippen molar-refractivity contribution >= 4 is 37.8 Å². The summed E-state index contributed by atoms with van der Waals surface area (Å²) in [5.41, 5.74) is 0.0752. The van der Waals surface area contributed by atoms with Gasteiger partial charge in [-0.15, -0.1) is 0 Å². The van der Waals surface area contributed by atoms with Gasteiger partial charge in [0.2, 0.25) is 0 Å². The van der Waals surface area contributed by atoms with Gasteiger partial charge in [-0.05, 0) is 40.9 Å². The molecule has 1 amide bonds. The zero-order chi connectivity index (χ0) is 12.8. The molecule has 0 radical (unpaired) electrons. The van der Waals surface area contributed by atoms with Gasteiger partial charge in [0.1, 0.15) is 5.82 Å². The summed E-state index contributed by atoms with van der Waals surface area (Å²) in [4.78, 5) is 12.1. The molecular weight excluding hydrogens is 353 g/mol. The van der Waals surface area contributed by atoms with E-state index in [-0.39, 0.29) is 11.5 Å². The number of amides is 1. The molecule has 94 valence electrons. The van der Waals surface area contributed by atoms with Gasteiger partial charge in [-0.1, -0.05) is 28.9 Å². The molecule has 0 heterocycles. The lowest BCUT2D eigenvalue weighted by molar-refractivity contribution is 0.0949. The Bertz CT molecular complexity index is 396. The molecule has 0 fully saturated rings. The van der Waals surface area contributed by atoms with Crippen molar-refractivity contribution in [3.8, 4) is 0 Å². The Morgan fingerprint density at radius 2 is 2.24 bits per heavy atom. The molecule has 1 N–H and O–H groups in total. The van der Waals surface area contributed by atoms with Crippen LogP contribution in [-0.4, -0.2) is 17.3 Å². The van der Waals surface area contributed by atoms with Crippen molar-refractivity contribution in [3.63, 3.8) is 0 Å². The Labute approximate surface area is 117 Å². The first kappa shape index (κ1) is 14.6. The van der Waals surface area contributed by atoms with Gasteiger partial charge in [0.25, 0.3) is 5.91 Å². The highest BCUT2D eigenvalue weighted by atomic mass is 79.9. The fourth-order valence-corrected chi connectivity index (χ4v) is 2.05. The quantitative estimate of drug-likeness (QED) is 0.621. The second kappa shape index (κ2) is 7.11. The maximum Gasteiger partial charge on any atom is 0.254 e. The molecule has 0 spiro atoms. The minimum absolute atomic E-state index is 0.0752. The number of carbonyl (C=O) groups is 1. The molecule has 0 aliphatic heterocycles. The minimum Gasteiger partial charge on any atom is -0.352 e. The van der Waals surface area contributed by atoms with Gasteiger partial charge in [0, 0.05) is 11.4 Å². The average molecular weight is 367 g/mol. The maximum absolute atomic E-state index is 13.6. The van der Waals surface area contributed by atoms with E-state index in [9.17, 15) is 9.18 Å². The van der Waals surface area contributed by atoms with Gasteiger partial charge in [-0.25, -0.2) is 4.39 Å². The third-order valence-corrected chi connectivity index (χ3v) is 3.33. The Kier molecular flexibility index (Phi) is 6.12. The normalized spacial score (nSPS) is 12.2. The molecule has 1 aromatic carbocycles. The first-order valence-corrected chi connectivity index (χ1v) is 7.09. The highest BCUT2D eigenvalue weighted by Crippen LogP contribution is 2.18. The third-order valence-electron chi connectivity index (χ3n) is 2.26. The molecule has 0 saturated carbocycles. The van der Waals surface area contributed by atoms with Crippen LogP contribution in [0.15, 0.2) is 22.7 Å². The second-order valence-corrected chi connectivity index (χ2v) is 6.20. The van der Waals surface area contributed by atoms with Crippen LogP contribution in [0.5, 0.6) is 0 Å². The van der Waals surface area contributed by atoms with Crippen molar-refractivity contribution in [2.45, 2.75) is 24.6 Å². The number of nitrogens with one attached hydrogen (secondary N) is 1. The van der Waals surface area contributed by atoms with Gasteiger partial charge in [-0.3, -0.25) is 4.79 Å². The van der Waals surface area contributed by atoms with Gasteiger partial charge >= 0.3 is 0 Å². The Morgan fingerprint density at radius 1 is 1.53 bits per heavy atom. The van der Waals surface area contributed by atoms with E-state index >= 15 is 0 Å². The smallest absolute Gasteiger partial charge is 0.254 e. The average Bonchev–Trinajstić information content (AvgIpc) is 2.27. The van der Waals surface area contributed by atoms with Crippen molar-refractivity contribution in [3.05, 3.63) is 34.1 Å². The topological polar surface area (TPSA) is 29.1 Å². The van der Waals surface area contributed by atoms with Crippen LogP contribution >= 0.6 is 31.9 Å². The molecule has 5 heteroatoms. The summed E-state index contributed by atoms with van der Waals surface area (Å²) in [6, 6.07) is 4.68. The van der Waals surface area contributed by atoms with Crippen LogP contribution in [0.3, 0.4) is 0 Å². The van der Waals surface area contributed by atoms with Crippen LogP contribution in [0.2, 0.25) is 0 Å². The van der Waals surface area contributed by atoms with Gasteiger partial charge in [0.15, 0.2) is 0 Å².